The Morgan fingerprint density at radius 2 is 2.00 bits per heavy atom. The molecule has 0 saturated carbocycles. The van der Waals surface area contributed by atoms with E-state index in [2.05, 4.69) is 17.5 Å². The Labute approximate surface area is 124 Å². The van der Waals surface area contributed by atoms with Gasteiger partial charge in [0.25, 0.3) is 0 Å². The van der Waals surface area contributed by atoms with E-state index in [1.54, 1.807) is 6.21 Å². The first kappa shape index (κ1) is 14.4. The van der Waals surface area contributed by atoms with E-state index in [1.807, 2.05) is 48.5 Å². The molecule has 0 fully saturated rings. The van der Waals surface area contributed by atoms with Crippen molar-refractivity contribution in [2.75, 3.05) is 12.0 Å². The third kappa shape index (κ3) is 4.28. The van der Waals surface area contributed by atoms with Gasteiger partial charge in [0, 0.05) is 0 Å². The second kappa shape index (κ2) is 7.56. The minimum Gasteiger partial charge on any atom is -0.492 e. The highest BCUT2D eigenvalue weighted by Gasteiger charge is 2.01. The zero-order valence-corrected chi connectivity index (χ0v) is 12.1. The van der Waals surface area contributed by atoms with Crippen LogP contribution >= 0.6 is 11.6 Å². The lowest BCUT2D eigenvalue weighted by Crippen LogP contribution is -1.96. The van der Waals surface area contributed by atoms with Gasteiger partial charge < -0.3 is 4.74 Å². The lowest BCUT2D eigenvalue weighted by atomic mass is 10.2. The van der Waals surface area contributed by atoms with E-state index in [1.165, 1.54) is 0 Å². The van der Waals surface area contributed by atoms with E-state index < -0.39 is 0 Å². The molecule has 0 heterocycles. The van der Waals surface area contributed by atoms with Gasteiger partial charge in [-0.3, -0.25) is 5.43 Å². The van der Waals surface area contributed by atoms with Gasteiger partial charge in [0.2, 0.25) is 0 Å². The summed E-state index contributed by atoms with van der Waals surface area (Å²) < 4.78 is 5.52. The number of para-hydroxylation sites is 1. The van der Waals surface area contributed by atoms with Crippen LogP contribution in [-0.2, 0) is 0 Å². The number of halogens is 1. The second-order valence-electron chi connectivity index (χ2n) is 4.27. The van der Waals surface area contributed by atoms with E-state index in [-0.39, 0.29) is 0 Å². The number of hydrazone groups is 1. The van der Waals surface area contributed by atoms with Gasteiger partial charge in [0.15, 0.2) is 0 Å². The fourth-order valence-corrected chi connectivity index (χ4v) is 1.86. The highest BCUT2D eigenvalue weighted by atomic mass is 35.5. The summed E-state index contributed by atoms with van der Waals surface area (Å²) in [6, 6.07) is 15.4. The summed E-state index contributed by atoms with van der Waals surface area (Å²) in [7, 11) is 0. The summed E-state index contributed by atoms with van der Waals surface area (Å²) in [6.07, 6.45) is 2.68. The van der Waals surface area contributed by atoms with Crippen LogP contribution in [0.4, 0.5) is 5.69 Å². The SMILES string of the molecule is CCCOc1ccc(C=NNc2ccccc2)cc1Cl. The average Bonchev–Trinajstić information content (AvgIpc) is 2.47. The summed E-state index contributed by atoms with van der Waals surface area (Å²) in [5, 5.41) is 4.77. The molecule has 0 spiro atoms. The van der Waals surface area contributed by atoms with Crippen molar-refractivity contribution in [3.05, 3.63) is 59.1 Å². The zero-order valence-electron chi connectivity index (χ0n) is 11.3. The van der Waals surface area contributed by atoms with Gasteiger partial charge in [-0.1, -0.05) is 36.7 Å². The topological polar surface area (TPSA) is 33.6 Å². The third-order valence-corrected chi connectivity index (χ3v) is 2.89. The van der Waals surface area contributed by atoms with Crippen LogP contribution < -0.4 is 10.2 Å². The molecule has 20 heavy (non-hydrogen) atoms. The highest BCUT2D eigenvalue weighted by Crippen LogP contribution is 2.25. The largest absolute Gasteiger partial charge is 0.492 e. The second-order valence-corrected chi connectivity index (χ2v) is 4.68. The van der Waals surface area contributed by atoms with Gasteiger partial charge in [-0.2, -0.15) is 5.10 Å². The van der Waals surface area contributed by atoms with Crippen LogP contribution in [0.25, 0.3) is 0 Å². The molecule has 0 aromatic heterocycles. The third-order valence-electron chi connectivity index (χ3n) is 2.60. The lowest BCUT2D eigenvalue weighted by Gasteiger charge is -2.06. The van der Waals surface area contributed by atoms with Crippen molar-refractivity contribution < 1.29 is 4.74 Å². The summed E-state index contributed by atoms with van der Waals surface area (Å²) in [5.74, 6) is 0.710. The Morgan fingerprint density at radius 1 is 1.20 bits per heavy atom. The number of nitrogens with one attached hydrogen (secondary N) is 1. The molecule has 0 bridgehead atoms. The summed E-state index contributed by atoms with van der Waals surface area (Å²) in [6.45, 7) is 2.73. The molecule has 2 aromatic carbocycles. The molecule has 1 N–H and O–H groups in total. The predicted octanol–water partition coefficient (Wildman–Crippen LogP) is 4.57. The molecular formula is C16H17ClN2O. The van der Waals surface area contributed by atoms with E-state index in [4.69, 9.17) is 16.3 Å². The van der Waals surface area contributed by atoms with Crippen molar-refractivity contribution in [3.63, 3.8) is 0 Å². The van der Waals surface area contributed by atoms with E-state index in [0.717, 1.165) is 17.7 Å². The predicted molar refractivity (Wildman–Crippen MR) is 84.9 cm³/mol. The Hall–Kier alpha value is -2.00. The smallest absolute Gasteiger partial charge is 0.137 e. The van der Waals surface area contributed by atoms with Crippen molar-refractivity contribution in [1.29, 1.82) is 0 Å². The molecule has 0 aliphatic heterocycles. The monoisotopic (exact) mass is 288 g/mol. The van der Waals surface area contributed by atoms with E-state index in [9.17, 15) is 0 Å². The zero-order chi connectivity index (χ0) is 14.2. The maximum Gasteiger partial charge on any atom is 0.137 e. The Bertz CT molecular complexity index is 570. The number of ether oxygens (including phenoxy) is 1. The fourth-order valence-electron chi connectivity index (χ4n) is 1.62. The van der Waals surface area contributed by atoms with Crippen molar-refractivity contribution in [2.24, 2.45) is 5.10 Å². The normalized spacial score (nSPS) is 10.7. The number of benzene rings is 2. The molecule has 0 saturated heterocycles. The summed E-state index contributed by atoms with van der Waals surface area (Å²) in [5.41, 5.74) is 4.82. The minimum absolute atomic E-state index is 0.599. The van der Waals surface area contributed by atoms with E-state index in [0.29, 0.717) is 17.4 Å². The van der Waals surface area contributed by atoms with Crippen LogP contribution in [0.2, 0.25) is 5.02 Å². The van der Waals surface area contributed by atoms with Crippen LogP contribution in [0, 0.1) is 0 Å². The molecule has 0 radical (unpaired) electrons. The fraction of sp³-hybridized carbons (Fsp3) is 0.188. The van der Waals surface area contributed by atoms with Gasteiger partial charge in [0.05, 0.1) is 23.5 Å². The van der Waals surface area contributed by atoms with Crippen LogP contribution in [0.5, 0.6) is 5.75 Å². The summed E-state index contributed by atoms with van der Waals surface area (Å²) >= 11 is 6.15. The molecule has 3 nitrogen and oxygen atoms in total. The first-order valence-electron chi connectivity index (χ1n) is 6.56. The molecule has 0 unspecified atom stereocenters. The van der Waals surface area contributed by atoms with Crippen molar-refractivity contribution >= 4 is 23.5 Å². The Morgan fingerprint density at radius 3 is 2.70 bits per heavy atom. The Balaban J connectivity index is 1.97. The summed E-state index contributed by atoms with van der Waals surface area (Å²) in [4.78, 5) is 0. The maximum absolute atomic E-state index is 6.15. The first-order chi connectivity index (χ1) is 9.79. The molecule has 0 aliphatic carbocycles. The van der Waals surface area contributed by atoms with E-state index >= 15 is 0 Å². The van der Waals surface area contributed by atoms with Gasteiger partial charge >= 0.3 is 0 Å². The van der Waals surface area contributed by atoms with Crippen molar-refractivity contribution in [1.82, 2.24) is 0 Å². The molecular weight excluding hydrogens is 272 g/mol. The van der Waals surface area contributed by atoms with Crippen LogP contribution in [0.1, 0.15) is 18.9 Å². The Kier molecular flexibility index (Phi) is 5.44. The molecule has 0 amide bonds. The lowest BCUT2D eigenvalue weighted by molar-refractivity contribution is 0.317. The molecule has 0 aliphatic rings. The van der Waals surface area contributed by atoms with Gasteiger partial charge in [0.1, 0.15) is 5.75 Å². The number of rotatable bonds is 6. The number of nitrogens with zero attached hydrogens (tertiary/aromatic N) is 1. The first-order valence-corrected chi connectivity index (χ1v) is 6.94. The van der Waals surface area contributed by atoms with Crippen molar-refractivity contribution in [2.45, 2.75) is 13.3 Å². The van der Waals surface area contributed by atoms with Crippen LogP contribution in [0.15, 0.2) is 53.6 Å². The standard InChI is InChI=1S/C16H17ClN2O/c1-2-10-20-16-9-8-13(11-15(16)17)12-18-19-14-6-4-3-5-7-14/h3-9,11-12,19H,2,10H2,1H3. The van der Waals surface area contributed by atoms with Crippen LogP contribution in [-0.4, -0.2) is 12.8 Å². The van der Waals surface area contributed by atoms with Crippen LogP contribution in [0.3, 0.4) is 0 Å². The minimum atomic E-state index is 0.599. The number of hydrogen-bond donors (Lipinski definition) is 1. The molecule has 2 aromatic rings. The molecule has 0 atom stereocenters. The molecule has 104 valence electrons. The van der Waals surface area contributed by atoms with Gasteiger partial charge in [-0.15, -0.1) is 0 Å². The van der Waals surface area contributed by atoms with Gasteiger partial charge in [-0.25, -0.2) is 0 Å². The number of anilines is 1. The van der Waals surface area contributed by atoms with Crippen molar-refractivity contribution in [3.8, 4) is 5.75 Å². The average molecular weight is 289 g/mol. The quantitative estimate of drug-likeness (QED) is 0.624. The van der Waals surface area contributed by atoms with Gasteiger partial charge in [-0.05, 0) is 42.3 Å². The highest BCUT2D eigenvalue weighted by molar-refractivity contribution is 6.32. The molecule has 2 rings (SSSR count). The number of hydrogen-bond acceptors (Lipinski definition) is 3. The molecule has 4 heteroatoms. The maximum atomic E-state index is 6.15.